The molecule has 27 heavy (non-hydrogen) atoms. The number of aryl methyl sites for hydroxylation is 1. The number of amides is 1. The van der Waals surface area contributed by atoms with Crippen LogP contribution < -0.4 is 0 Å². The number of thioether (sulfide) groups is 1. The lowest BCUT2D eigenvalue weighted by atomic mass is 10.3. The predicted octanol–water partition coefficient (Wildman–Crippen LogP) is 3.75. The summed E-state index contributed by atoms with van der Waals surface area (Å²) >= 11 is 15.4. The first kappa shape index (κ1) is 20.3. The van der Waals surface area contributed by atoms with Crippen molar-refractivity contribution in [1.82, 2.24) is 19.4 Å². The molecule has 2 aromatic rings. The van der Waals surface area contributed by atoms with E-state index in [-0.39, 0.29) is 18.9 Å². The molecule has 1 aliphatic rings. The van der Waals surface area contributed by atoms with Gasteiger partial charge in [-0.05, 0) is 24.3 Å². The highest BCUT2D eigenvalue weighted by atomic mass is 35.5. The van der Waals surface area contributed by atoms with E-state index in [1.165, 1.54) is 39.8 Å². The van der Waals surface area contributed by atoms with Crippen LogP contribution in [0.15, 0.2) is 26.8 Å². The fourth-order valence-corrected chi connectivity index (χ4v) is 5.78. The van der Waals surface area contributed by atoms with Crippen molar-refractivity contribution in [3.63, 3.8) is 0 Å². The maximum Gasteiger partial charge on any atom is 0.303 e. The van der Waals surface area contributed by atoms with Crippen LogP contribution in [0.5, 0.6) is 0 Å². The number of aromatic nitrogens is 3. The Labute approximate surface area is 177 Å². The zero-order chi connectivity index (χ0) is 19.6. The summed E-state index contributed by atoms with van der Waals surface area (Å²) in [6, 6.07) is 0. The van der Waals surface area contributed by atoms with E-state index in [9.17, 15) is 9.59 Å². The lowest BCUT2D eigenvalue weighted by molar-refractivity contribution is -0.137. The molecule has 1 saturated heterocycles. The van der Waals surface area contributed by atoms with Gasteiger partial charge in [-0.25, -0.2) is 9.97 Å². The lowest BCUT2D eigenvalue weighted by Gasteiger charge is -2.13. The number of carboxylic acids is 1. The highest BCUT2D eigenvalue weighted by molar-refractivity contribution is 8.26. The summed E-state index contributed by atoms with van der Waals surface area (Å²) in [5, 5.41) is 9.83. The zero-order valence-electron chi connectivity index (χ0n) is 13.9. The molecule has 0 radical (unpaired) electrons. The number of hydrogen-bond acceptors (Lipinski definition) is 8. The SMILES string of the molecule is Cn1ccnc1Sc1nc(Cl)c(/C=C2/SC(=S)N(CCCC(=O)O)C2=O)s1. The van der Waals surface area contributed by atoms with Gasteiger partial charge < -0.3 is 9.67 Å². The average Bonchev–Trinajstić information content (AvgIpc) is 3.23. The zero-order valence-corrected chi connectivity index (χ0v) is 17.9. The Kier molecular flexibility index (Phi) is 6.58. The number of rotatable bonds is 7. The third kappa shape index (κ3) is 4.91. The Morgan fingerprint density at radius 3 is 2.96 bits per heavy atom. The molecule has 1 N–H and O–H groups in total. The number of thiocarbonyl (C=S) groups is 1. The molecule has 1 fully saturated rings. The number of hydrogen-bond donors (Lipinski definition) is 1. The van der Waals surface area contributed by atoms with Crippen LogP contribution in [-0.4, -0.2) is 47.3 Å². The standard InChI is InChI=1S/C15H13ClN4O3S4/c1-19-6-4-17-13(19)27-14-18-11(16)8(25-14)7-9-12(23)20(15(24)26-9)5-2-3-10(21)22/h4,6-7H,2-3,5H2,1H3,(H,21,22)/b9-7+. The van der Waals surface area contributed by atoms with Crippen LogP contribution in [-0.2, 0) is 16.6 Å². The topological polar surface area (TPSA) is 88.3 Å². The van der Waals surface area contributed by atoms with Gasteiger partial charge in [-0.2, -0.15) is 0 Å². The fourth-order valence-electron chi connectivity index (χ4n) is 2.16. The first-order valence-corrected chi connectivity index (χ1v) is 10.9. The van der Waals surface area contributed by atoms with Crippen molar-refractivity contribution in [3.05, 3.63) is 27.3 Å². The Balaban J connectivity index is 1.73. The fraction of sp³-hybridized carbons (Fsp3) is 0.267. The van der Waals surface area contributed by atoms with Crippen molar-refractivity contribution in [2.24, 2.45) is 7.05 Å². The van der Waals surface area contributed by atoms with E-state index in [1.54, 1.807) is 12.3 Å². The van der Waals surface area contributed by atoms with Crippen LogP contribution in [0.2, 0.25) is 5.15 Å². The molecule has 0 aliphatic carbocycles. The number of thiazole rings is 1. The Morgan fingerprint density at radius 1 is 1.52 bits per heavy atom. The molecule has 0 atom stereocenters. The summed E-state index contributed by atoms with van der Waals surface area (Å²) < 4.78 is 3.01. The van der Waals surface area contributed by atoms with Gasteiger partial charge in [0.2, 0.25) is 0 Å². The Morgan fingerprint density at radius 2 is 2.30 bits per heavy atom. The molecule has 1 aliphatic heterocycles. The van der Waals surface area contributed by atoms with Gasteiger partial charge in [-0.3, -0.25) is 14.5 Å². The summed E-state index contributed by atoms with van der Waals surface area (Å²) in [7, 11) is 1.89. The minimum Gasteiger partial charge on any atom is -0.481 e. The maximum atomic E-state index is 12.5. The predicted molar refractivity (Wildman–Crippen MR) is 111 cm³/mol. The van der Waals surface area contributed by atoms with E-state index in [0.717, 1.165) is 9.50 Å². The number of nitrogens with zero attached hydrogens (tertiary/aromatic N) is 4. The molecule has 0 saturated carbocycles. The quantitative estimate of drug-likeness (QED) is 0.493. The molecule has 142 valence electrons. The average molecular weight is 461 g/mol. The van der Waals surface area contributed by atoms with Crippen LogP contribution in [0.1, 0.15) is 17.7 Å². The number of carbonyl (C=O) groups excluding carboxylic acids is 1. The van der Waals surface area contributed by atoms with Gasteiger partial charge in [0.25, 0.3) is 5.91 Å². The minimum absolute atomic E-state index is 0.00937. The van der Waals surface area contributed by atoms with Crippen LogP contribution in [0.25, 0.3) is 6.08 Å². The third-order valence-corrected chi connectivity index (χ3v) is 7.37. The van der Waals surface area contributed by atoms with E-state index in [0.29, 0.717) is 25.7 Å². The number of aliphatic carboxylic acids is 1. The van der Waals surface area contributed by atoms with Crippen LogP contribution in [0.3, 0.4) is 0 Å². The van der Waals surface area contributed by atoms with Gasteiger partial charge in [0.1, 0.15) is 9.47 Å². The highest BCUT2D eigenvalue weighted by Crippen LogP contribution is 2.38. The molecule has 3 heterocycles. The maximum absolute atomic E-state index is 12.5. The van der Waals surface area contributed by atoms with E-state index in [2.05, 4.69) is 9.97 Å². The third-order valence-electron chi connectivity index (χ3n) is 3.45. The van der Waals surface area contributed by atoms with Crippen LogP contribution >= 0.6 is 58.7 Å². The summed E-state index contributed by atoms with van der Waals surface area (Å²) in [5.74, 6) is -1.14. The second kappa shape index (κ2) is 8.74. The molecule has 0 unspecified atom stereocenters. The van der Waals surface area contributed by atoms with Gasteiger partial charge in [-0.15, -0.1) is 11.3 Å². The van der Waals surface area contributed by atoms with E-state index in [4.69, 9.17) is 28.9 Å². The highest BCUT2D eigenvalue weighted by Gasteiger charge is 2.32. The number of carboxylic acid groups (broad SMARTS) is 1. The molecule has 0 spiro atoms. The summed E-state index contributed by atoms with van der Waals surface area (Å²) in [6.07, 6.45) is 5.56. The van der Waals surface area contributed by atoms with Gasteiger partial charge in [0, 0.05) is 32.4 Å². The Bertz CT molecular complexity index is 939. The number of halogens is 1. The first-order valence-electron chi connectivity index (χ1n) is 7.64. The Hall–Kier alpha value is -1.40. The number of imidazole rings is 1. The molecule has 7 nitrogen and oxygen atoms in total. The summed E-state index contributed by atoms with van der Waals surface area (Å²) in [5.41, 5.74) is 0. The monoisotopic (exact) mass is 460 g/mol. The van der Waals surface area contributed by atoms with Crippen LogP contribution in [0, 0.1) is 0 Å². The van der Waals surface area contributed by atoms with Crippen molar-refractivity contribution < 1.29 is 14.7 Å². The minimum atomic E-state index is -0.898. The molecule has 1 amide bonds. The van der Waals surface area contributed by atoms with Crippen molar-refractivity contribution >= 4 is 81.0 Å². The van der Waals surface area contributed by atoms with E-state index >= 15 is 0 Å². The van der Waals surface area contributed by atoms with E-state index in [1.807, 2.05) is 17.8 Å². The largest absolute Gasteiger partial charge is 0.481 e. The molecule has 2 aromatic heterocycles. The second-order valence-electron chi connectivity index (χ2n) is 5.39. The van der Waals surface area contributed by atoms with Crippen molar-refractivity contribution in [2.45, 2.75) is 22.3 Å². The van der Waals surface area contributed by atoms with Gasteiger partial charge in [-0.1, -0.05) is 35.6 Å². The molecule has 12 heteroatoms. The summed E-state index contributed by atoms with van der Waals surface area (Å²) in [6.45, 7) is 0.283. The lowest BCUT2D eigenvalue weighted by Crippen LogP contribution is -2.29. The van der Waals surface area contributed by atoms with Gasteiger partial charge >= 0.3 is 5.97 Å². The van der Waals surface area contributed by atoms with Gasteiger partial charge in [0.15, 0.2) is 9.50 Å². The normalized spacial score (nSPS) is 15.9. The van der Waals surface area contributed by atoms with E-state index < -0.39 is 5.97 Å². The summed E-state index contributed by atoms with van der Waals surface area (Å²) in [4.78, 5) is 34.3. The smallest absolute Gasteiger partial charge is 0.303 e. The van der Waals surface area contributed by atoms with Crippen molar-refractivity contribution in [2.75, 3.05) is 6.54 Å². The van der Waals surface area contributed by atoms with Crippen molar-refractivity contribution in [1.29, 1.82) is 0 Å². The first-order chi connectivity index (χ1) is 12.8. The molecule has 0 aromatic carbocycles. The second-order valence-corrected chi connectivity index (χ2v) is 9.67. The molecular formula is C15H13ClN4O3S4. The molecule has 0 bridgehead atoms. The van der Waals surface area contributed by atoms with Crippen molar-refractivity contribution in [3.8, 4) is 0 Å². The molecular weight excluding hydrogens is 448 g/mol. The van der Waals surface area contributed by atoms with Gasteiger partial charge in [0.05, 0.1) is 9.78 Å². The molecule has 3 rings (SSSR count). The van der Waals surface area contributed by atoms with Crippen LogP contribution in [0.4, 0.5) is 0 Å². The number of carbonyl (C=O) groups is 2.